The van der Waals surface area contributed by atoms with Crippen molar-refractivity contribution in [3.8, 4) is 0 Å². The van der Waals surface area contributed by atoms with Gasteiger partial charge in [0.25, 0.3) is 0 Å². The molecule has 0 aromatic heterocycles. The lowest BCUT2D eigenvalue weighted by Crippen LogP contribution is -2.35. The second-order valence-corrected chi connectivity index (χ2v) is 12.4. The molecule has 1 aliphatic carbocycles. The monoisotopic (exact) mass is 399 g/mol. The molecule has 0 radical (unpaired) electrons. The van der Waals surface area contributed by atoms with Crippen LogP contribution in [0, 0.1) is 5.41 Å². The molecule has 0 N–H and O–H groups in total. The zero-order valence-corrected chi connectivity index (χ0v) is 18.8. The normalized spacial score (nSPS) is 16.7. The molecule has 3 aromatic rings. The molecule has 0 atom stereocenters. The van der Waals surface area contributed by atoms with E-state index in [1.54, 1.807) is 11.1 Å². The fourth-order valence-corrected chi connectivity index (χ4v) is 9.30. The molecule has 0 spiro atoms. The van der Waals surface area contributed by atoms with Crippen LogP contribution in [0.5, 0.6) is 0 Å². The third-order valence-electron chi connectivity index (χ3n) is 6.84. The number of rotatable bonds is 5. The average molecular weight is 400 g/mol. The van der Waals surface area contributed by atoms with Crippen molar-refractivity contribution in [1.29, 1.82) is 0 Å². The zero-order chi connectivity index (χ0) is 20.3. The second kappa shape index (κ2) is 8.29. The Kier molecular flexibility index (Phi) is 5.75. The Labute approximate surface area is 177 Å². The van der Waals surface area contributed by atoms with E-state index in [4.69, 9.17) is 0 Å². The quantitative estimate of drug-likeness (QED) is 0.339. The van der Waals surface area contributed by atoms with E-state index in [1.165, 1.54) is 35.2 Å². The van der Waals surface area contributed by atoms with Crippen LogP contribution in [0.1, 0.15) is 40.0 Å². The molecule has 148 valence electrons. The van der Waals surface area contributed by atoms with Crippen LogP contribution in [0.15, 0.2) is 102 Å². The molecule has 1 aliphatic rings. The molecule has 0 saturated heterocycles. The van der Waals surface area contributed by atoms with Gasteiger partial charge in [-0.3, -0.25) is 0 Å². The van der Waals surface area contributed by atoms with E-state index in [1.807, 2.05) is 0 Å². The van der Waals surface area contributed by atoms with E-state index < -0.39 is 7.26 Å². The van der Waals surface area contributed by atoms with Gasteiger partial charge in [0.2, 0.25) is 0 Å². The Morgan fingerprint density at radius 1 is 0.690 bits per heavy atom. The van der Waals surface area contributed by atoms with Gasteiger partial charge < -0.3 is 0 Å². The van der Waals surface area contributed by atoms with Crippen molar-refractivity contribution >= 4 is 23.2 Å². The average Bonchev–Trinajstić information content (AvgIpc) is 2.77. The summed E-state index contributed by atoms with van der Waals surface area (Å²) in [5.74, 6) is 0. The highest BCUT2D eigenvalue weighted by molar-refractivity contribution is 7.95. The van der Waals surface area contributed by atoms with Gasteiger partial charge in [-0.1, -0.05) is 74.0 Å². The largest absolute Gasteiger partial charge is 0.116 e. The first-order chi connectivity index (χ1) is 14.0. The van der Waals surface area contributed by atoms with Crippen molar-refractivity contribution in [3.05, 3.63) is 102 Å². The molecule has 3 aromatic carbocycles. The van der Waals surface area contributed by atoms with Crippen LogP contribution in [0.3, 0.4) is 0 Å². The molecule has 29 heavy (non-hydrogen) atoms. The predicted octanol–water partition coefficient (Wildman–Crippen LogP) is 6.51. The van der Waals surface area contributed by atoms with Crippen LogP contribution in [-0.4, -0.2) is 6.16 Å². The smallest absolute Gasteiger partial charge is 0.0648 e. The van der Waals surface area contributed by atoms with Crippen molar-refractivity contribution in [2.24, 2.45) is 5.41 Å². The Hall–Kier alpha value is -2.17. The highest BCUT2D eigenvalue weighted by Crippen LogP contribution is 2.58. The molecule has 0 aliphatic heterocycles. The molecule has 0 bridgehead atoms. The van der Waals surface area contributed by atoms with Crippen LogP contribution in [0.2, 0.25) is 0 Å². The van der Waals surface area contributed by atoms with Gasteiger partial charge in [-0.25, -0.2) is 0 Å². The van der Waals surface area contributed by atoms with Crippen LogP contribution < -0.4 is 15.9 Å². The first kappa shape index (κ1) is 20.1. The van der Waals surface area contributed by atoms with Gasteiger partial charge in [-0.15, -0.1) is 0 Å². The van der Waals surface area contributed by atoms with E-state index in [0.29, 0.717) is 5.41 Å². The highest BCUT2D eigenvalue weighted by atomic mass is 31.2. The number of allylic oxidation sites excluding steroid dienone is 2. The van der Waals surface area contributed by atoms with Crippen LogP contribution in [0.25, 0.3) is 0 Å². The van der Waals surface area contributed by atoms with Gasteiger partial charge in [-0.05, 0) is 73.6 Å². The SMILES string of the molecule is CC1=C(C[P+](c2ccccc2)(c2ccccc2)c2ccccc2)CCCC1(C)C. The number of hydrogen-bond donors (Lipinski definition) is 0. The van der Waals surface area contributed by atoms with Crippen LogP contribution >= 0.6 is 7.26 Å². The lowest BCUT2D eigenvalue weighted by atomic mass is 9.73. The number of benzene rings is 3. The van der Waals surface area contributed by atoms with Crippen molar-refractivity contribution in [1.82, 2.24) is 0 Å². The summed E-state index contributed by atoms with van der Waals surface area (Å²) in [6, 6.07) is 33.8. The van der Waals surface area contributed by atoms with Crippen molar-refractivity contribution < 1.29 is 0 Å². The standard InChI is InChI=1S/C28H32P/c1-23-24(14-13-21-28(23,2)3)22-29(25-15-7-4-8-16-25,26-17-9-5-10-18-26)27-19-11-6-12-20-27/h4-12,15-20H,13-14,21-22H2,1-3H3/q+1. The molecule has 0 heterocycles. The second-order valence-electron chi connectivity index (χ2n) is 8.94. The molecule has 0 fully saturated rings. The van der Waals surface area contributed by atoms with Crippen LogP contribution in [-0.2, 0) is 0 Å². The highest BCUT2D eigenvalue weighted by Gasteiger charge is 2.46. The summed E-state index contributed by atoms with van der Waals surface area (Å²) >= 11 is 0. The minimum atomic E-state index is -1.77. The van der Waals surface area contributed by atoms with Crippen LogP contribution in [0.4, 0.5) is 0 Å². The summed E-state index contributed by atoms with van der Waals surface area (Å²) in [5, 5.41) is 4.46. The first-order valence-electron chi connectivity index (χ1n) is 10.8. The molecule has 0 nitrogen and oxygen atoms in total. The third kappa shape index (κ3) is 3.84. The van der Waals surface area contributed by atoms with Crippen molar-refractivity contribution in [2.75, 3.05) is 6.16 Å². The lowest BCUT2D eigenvalue weighted by Gasteiger charge is -2.36. The molecule has 1 heteroatoms. The third-order valence-corrected chi connectivity index (χ3v) is 11.2. The van der Waals surface area contributed by atoms with E-state index >= 15 is 0 Å². The maximum Gasteiger partial charge on any atom is 0.116 e. The summed E-state index contributed by atoms with van der Waals surface area (Å²) < 4.78 is 0. The summed E-state index contributed by atoms with van der Waals surface area (Å²) in [4.78, 5) is 0. The minimum Gasteiger partial charge on any atom is -0.0648 e. The summed E-state index contributed by atoms with van der Waals surface area (Å²) in [5.41, 5.74) is 3.62. The fourth-order valence-electron chi connectivity index (χ4n) is 4.85. The molecular weight excluding hydrogens is 367 g/mol. The van der Waals surface area contributed by atoms with Gasteiger partial charge in [-0.2, -0.15) is 0 Å². The predicted molar refractivity (Wildman–Crippen MR) is 130 cm³/mol. The van der Waals surface area contributed by atoms with Crippen molar-refractivity contribution in [3.63, 3.8) is 0 Å². The van der Waals surface area contributed by atoms with E-state index in [0.717, 1.165) is 6.16 Å². The molecule has 0 saturated carbocycles. The first-order valence-corrected chi connectivity index (χ1v) is 12.8. The Balaban J connectivity index is 1.99. The summed E-state index contributed by atoms with van der Waals surface area (Å²) in [6.07, 6.45) is 5.00. The van der Waals surface area contributed by atoms with E-state index in [9.17, 15) is 0 Å². The van der Waals surface area contributed by atoms with Gasteiger partial charge >= 0.3 is 0 Å². The van der Waals surface area contributed by atoms with E-state index in [-0.39, 0.29) is 0 Å². The zero-order valence-electron chi connectivity index (χ0n) is 17.9. The van der Waals surface area contributed by atoms with E-state index in [2.05, 4.69) is 112 Å². The molecule has 0 amide bonds. The van der Waals surface area contributed by atoms with Gasteiger partial charge in [0.1, 0.15) is 23.2 Å². The van der Waals surface area contributed by atoms with Crippen molar-refractivity contribution in [2.45, 2.75) is 40.0 Å². The van der Waals surface area contributed by atoms with Gasteiger partial charge in [0.15, 0.2) is 0 Å². The molecular formula is C28H32P+. The number of hydrogen-bond acceptors (Lipinski definition) is 0. The minimum absolute atomic E-state index is 0.313. The van der Waals surface area contributed by atoms with Gasteiger partial charge in [0.05, 0.1) is 6.16 Å². The topological polar surface area (TPSA) is 0 Å². The Morgan fingerprint density at radius 3 is 1.52 bits per heavy atom. The Morgan fingerprint density at radius 2 is 1.10 bits per heavy atom. The lowest BCUT2D eigenvalue weighted by molar-refractivity contribution is 0.368. The maximum absolute atomic E-state index is 2.43. The summed E-state index contributed by atoms with van der Waals surface area (Å²) in [6.45, 7) is 7.24. The maximum atomic E-state index is 2.43. The van der Waals surface area contributed by atoms with Gasteiger partial charge in [0, 0.05) is 0 Å². The fraction of sp³-hybridized carbons (Fsp3) is 0.286. The summed E-state index contributed by atoms with van der Waals surface area (Å²) in [7, 11) is -1.77. The Bertz CT molecular complexity index is 872. The molecule has 4 rings (SSSR count). The molecule has 0 unspecified atom stereocenters.